The molecule has 0 aliphatic carbocycles. The van der Waals surface area contributed by atoms with E-state index < -0.39 is 0 Å². The molecule has 2 aromatic carbocycles. The SMILES string of the molecule is CCNC(=NCc1ccc(F)c(COC)c1)NCCc1ccccc1. The Hall–Kier alpha value is -2.40. The molecule has 0 bridgehead atoms. The number of aliphatic imine (C=N–C) groups is 1. The van der Waals surface area contributed by atoms with E-state index in [-0.39, 0.29) is 12.4 Å². The van der Waals surface area contributed by atoms with Crippen LogP contribution in [0.15, 0.2) is 53.5 Å². The van der Waals surface area contributed by atoms with Crippen molar-refractivity contribution in [2.24, 2.45) is 4.99 Å². The largest absolute Gasteiger partial charge is 0.380 e. The van der Waals surface area contributed by atoms with Gasteiger partial charge in [0.1, 0.15) is 5.82 Å². The molecule has 0 saturated carbocycles. The lowest BCUT2D eigenvalue weighted by atomic mass is 10.1. The van der Waals surface area contributed by atoms with Gasteiger partial charge < -0.3 is 15.4 Å². The Morgan fingerprint density at radius 3 is 2.60 bits per heavy atom. The van der Waals surface area contributed by atoms with Gasteiger partial charge in [0.15, 0.2) is 5.96 Å². The van der Waals surface area contributed by atoms with Crippen LogP contribution in [0.1, 0.15) is 23.6 Å². The summed E-state index contributed by atoms with van der Waals surface area (Å²) in [6.07, 6.45) is 0.930. The number of methoxy groups -OCH3 is 1. The van der Waals surface area contributed by atoms with Gasteiger partial charge in [-0.25, -0.2) is 9.38 Å². The zero-order valence-electron chi connectivity index (χ0n) is 14.9. The first-order valence-corrected chi connectivity index (χ1v) is 8.55. The summed E-state index contributed by atoms with van der Waals surface area (Å²) < 4.78 is 18.7. The Morgan fingerprint density at radius 1 is 1.08 bits per heavy atom. The van der Waals surface area contributed by atoms with Crippen LogP contribution in [0, 0.1) is 5.82 Å². The van der Waals surface area contributed by atoms with Gasteiger partial charge >= 0.3 is 0 Å². The fourth-order valence-corrected chi connectivity index (χ4v) is 2.47. The number of ether oxygens (including phenoxy) is 1. The molecular formula is C20H26FN3O. The summed E-state index contributed by atoms with van der Waals surface area (Å²) in [6, 6.07) is 15.4. The van der Waals surface area contributed by atoms with Gasteiger partial charge in [0.2, 0.25) is 0 Å². The number of rotatable bonds is 8. The van der Waals surface area contributed by atoms with Gasteiger partial charge in [-0.15, -0.1) is 0 Å². The maximum Gasteiger partial charge on any atom is 0.191 e. The van der Waals surface area contributed by atoms with Gasteiger partial charge in [0.25, 0.3) is 0 Å². The highest BCUT2D eigenvalue weighted by molar-refractivity contribution is 5.79. The predicted molar refractivity (Wildman–Crippen MR) is 100 cm³/mol. The summed E-state index contributed by atoms with van der Waals surface area (Å²) in [4.78, 5) is 4.58. The molecule has 2 aromatic rings. The van der Waals surface area contributed by atoms with Crippen molar-refractivity contribution in [3.8, 4) is 0 Å². The van der Waals surface area contributed by atoms with E-state index in [0.29, 0.717) is 12.1 Å². The molecule has 5 heteroatoms. The number of hydrogen-bond donors (Lipinski definition) is 2. The van der Waals surface area contributed by atoms with Gasteiger partial charge in [0.05, 0.1) is 13.2 Å². The van der Waals surface area contributed by atoms with E-state index in [4.69, 9.17) is 4.74 Å². The van der Waals surface area contributed by atoms with Crippen LogP contribution in [0.2, 0.25) is 0 Å². The molecule has 0 spiro atoms. The first kappa shape index (κ1) is 18.9. The molecule has 2 N–H and O–H groups in total. The lowest BCUT2D eigenvalue weighted by molar-refractivity contribution is 0.181. The van der Waals surface area contributed by atoms with Crippen LogP contribution in [0.5, 0.6) is 0 Å². The van der Waals surface area contributed by atoms with Crippen LogP contribution < -0.4 is 10.6 Å². The van der Waals surface area contributed by atoms with Crippen LogP contribution >= 0.6 is 0 Å². The Bertz CT molecular complexity index is 674. The second-order valence-electron chi connectivity index (χ2n) is 5.72. The Labute approximate surface area is 149 Å². The van der Waals surface area contributed by atoms with Crippen molar-refractivity contribution in [2.75, 3.05) is 20.2 Å². The summed E-state index contributed by atoms with van der Waals surface area (Å²) in [6.45, 7) is 4.36. The minimum absolute atomic E-state index is 0.248. The van der Waals surface area contributed by atoms with E-state index in [9.17, 15) is 4.39 Å². The fourth-order valence-electron chi connectivity index (χ4n) is 2.47. The fraction of sp³-hybridized carbons (Fsp3) is 0.350. The molecule has 134 valence electrons. The Morgan fingerprint density at radius 2 is 1.88 bits per heavy atom. The molecule has 2 rings (SSSR count). The summed E-state index contributed by atoms with van der Waals surface area (Å²) in [7, 11) is 1.56. The Kier molecular flexibility index (Phi) is 7.92. The third-order valence-electron chi connectivity index (χ3n) is 3.72. The number of nitrogens with zero attached hydrogens (tertiary/aromatic N) is 1. The van der Waals surface area contributed by atoms with Crippen LogP contribution in [0.3, 0.4) is 0 Å². The number of nitrogens with one attached hydrogen (secondary N) is 2. The molecule has 4 nitrogen and oxygen atoms in total. The van der Waals surface area contributed by atoms with Gasteiger partial charge in [-0.05, 0) is 36.6 Å². The van der Waals surface area contributed by atoms with Crippen molar-refractivity contribution in [1.29, 1.82) is 0 Å². The van der Waals surface area contributed by atoms with Crippen molar-refractivity contribution < 1.29 is 9.13 Å². The van der Waals surface area contributed by atoms with Crippen LogP contribution in [0.4, 0.5) is 4.39 Å². The first-order valence-electron chi connectivity index (χ1n) is 8.55. The molecule has 0 fully saturated rings. The minimum Gasteiger partial charge on any atom is -0.380 e. The quantitative estimate of drug-likeness (QED) is 0.571. The molecule has 0 aromatic heterocycles. The van der Waals surface area contributed by atoms with Gasteiger partial charge in [-0.3, -0.25) is 0 Å². The summed E-state index contributed by atoms with van der Waals surface area (Å²) in [5.74, 6) is 0.513. The number of benzene rings is 2. The number of halogens is 1. The van der Waals surface area contributed by atoms with Crippen molar-refractivity contribution in [3.05, 3.63) is 71.0 Å². The lowest BCUT2D eigenvalue weighted by Crippen LogP contribution is -2.38. The van der Waals surface area contributed by atoms with Gasteiger partial charge in [0, 0.05) is 25.8 Å². The van der Waals surface area contributed by atoms with Crippen LogP contribution in [-0.4, -0.2) is 26.2 Å². The molecule has 25 heavy (non-hydrogen) atoms. The van der Waals surface area contributed by atoms with E-state index >= 15 is 0 Å². The second kappa shape index (κ2) is 10.5. The van der Waals surface area contributed by atoms with E-state index in [1.54, 1.807) is 19.2 Å². The highest BCUT2D eigenvalue weighted by Crippen LogP contribution is 2.12. The monoisotopic (exact) mass is 343 g/mol. The van der Waals surface area contributed by atoms with E-state index in [1.165, 1.54) is 11.6 Å². The molecule has 0 atom stereocenters. The third kappa shape index (κ3) is 6.55. The molecule has 0 aliphatic heterocycles. The summed E-state index contributed by atoms with van der Waals surface area (Å²) in [5.41, 5.74) is 2.79. The molecule has 0 amide bonds. The standard InChI is InChI=1S/C20H26FN3O/c1-3-22-20(23-12-11-16-7-5-4-6-8-16)24-14-17-9-10-19(21)18(13-17)15-25-2/h4-10,13H,3,11-12,14-15H2,1-2H3,(H2,22,23,24). The second-order valence-corrected chi connectivity index (χ2v) is 5.72. The molecule has 0 heterocycles. The Balaban J connectivity index is 1.93. The molecule has 0 radical (unpaired) electrons. The average molecular weight is 343 g/mol. The highest BCUT2D eigenvalue weighted by Gasteiger charge is 2.04. The smallest absolute Gasteiger partial charge is 0.191 e. The summed E-state index contributed by atoms with van der Waals surface area (Å²) in [5, 5.41) is 6.56. The lowest BCUT2D eigenvalue weighted by Gasteiger charge is -2.11. The zero-order valence-corrected chi connectivity index (χ0v) is 14.9. The average Bonchev–Trinajstić information content (AvgIpc) is 2.63. The first-order chi connectivity index (χ1) is 12.2. The maximum absolute atomic E-state index is 13.7. The molecular weight excluding hydrogens is 317 g/mol. The normalized spacial score (nSPS) is 11.4. The van der Waals surface area contributed by atoms with E-state index in [1.807, 2.05) is 25.1 Å². The van der Waals surface area contributed by atoms with E-state index in [2.05, 4.69) is 27.8 Å². The number of hydrogen-bond acceptors (Lipinski definition) is 2. The zero-order chi connectivity index (χ0) is 17.9. The molecule has 0 saturated heterocycles. The minimum atomic E-state index is -0.248. The molecule has 0 aliphatic rings. The van der Waals surface area contributed by atoms with Crippen molar-refractivity contribution in [1.82, 2.24) is 10.6 Å². The van der Waals surface area contributed by atoms with E-state index in [0.717, 1.165) is 31.0 Å². The third-order valence-corrected chi connectivity index (χ3v) is 3.72. The van der Waals surface area contributed by atoms with Crippen molar-refractivity contribution in [2.45, 2.75) is 26.5 Å². The maximum atomic E-state index is 13.7. The number of guanidine groups is 1. The van der Waals surface area contributed by atoms with Gasteiger partial charge in [-0.2, -0.15) is 0 Å². The highest BCUT2D eigenvalue weighted by atomic mass is 19.1. The van der Waals surface area contributed by atoms with Crippen LogP contribution in [0.25, 0.3) is 0 Å². The van der Waals surface area contributed by atoms with Crippen molar-refractivity contribution in [3.63, 3.8) is 0 Å². The molecule has 0 unspecified atom stereocenters. The summed E-state index contributed by atoms with van der Waals surface area (Å²) >= 11 is 0. The van der Waals surface area contributed by atoms with Crippen LogP contribution in [-0.2, 0) is 24.3 Å². The predicted octanol–water partition coefficient (Wildman–Crippen LogP) is 3.27. The topological polar surface area (TPSA) is 45.7 Å². The van der Waals surface area contributed by atoms with Gasteiger partial charge in [-0.1, -0.05) is 36.4 Å². The van der Waals surface area contributed by atoms with Crippen molar-refractivity contribution >= 4 is 5.96 Å².